The van der Waals surface area contributed by atoms with E-state index in [1.807, 2.05) is 11.0 Å². The van der Waals surface area contributed by atoms with E-state index in [4.69, 9.17) is 16.3 Å². The average Bonchev–Trinajstić information content (AvgIpc) is 2.46. The zero-order chi connectivity index (χ0) is 14.1. The molecule has 1 aromatic carbocycles. The van der Waals surface area contributed by atoms with Crippen LogP contribution in [0.1, 0.15) is 10.4 Å². The first-order valence-electron chi connectivity index (χ1n) is 6.31. The third-order valence-electron chi connectivity index (χ3n) is 3.36. The highest BCUT2D eigenvalue weighted by Gasteiger charge is 2.21. The number of carboxylic acids is 1. The van der Waals surface area contributed by atoms with Gasteiger partial charge in [-0.1, -0.05) is 11.6 Å². The fourth-order valence-corrected chi connectivity index (χ4v) is 2.60. The number of benzene rings is 1. The number of aromatic carboxylic acids is 1. The van der Waals surface area contributed by atoms with Gasteiger partial charge in [-0.15, -0.1) is 0 Å². The summed E-state index contributed by atoms with van der Waals surface area (Å²) in [6.45, 7) is 2.52. The number of nitrogens with zero attached hydrogens (tertiary/aromatic N) is 2. The number of carbonyl (C=O) groups is 1. The van der Waals surface area contributed by atoms with Crippen molar-refractivity contribution >= 4 is 34.2 Å². The van der Waals surface area contributed by atoms with Gasteiger partial charge in [0.1, 0.15) is 5.56 Å². The Bertz CT molecular complexity index is 669. The predicted octanol–water partition coefficient (Wildman–Crippen LogP) is 2.42. The van der Waals surface area contributed by atoms with E-state index < -0.39 is 5.97 Å². The molecule has 1 aliphatic rings. The van der Waals surface area contributed by atoms with Crippen LogP contribution < -0.4 is 4.90 Å². The van der Waals surface area contributed by atoms with Crippen LogP contribution >= 0.6 is 11.6 Å². The SMILES string of the molecule is O=C(O)c1cnc2cc(Cl)ccc2c1N1CCOCC1. The summed E-state index contributed by atoms with van der Waals surface area (Å²) in [5, 5.41) is 10.8. The number of anilines is 1. The maximum atomic E-state index is 11.5. The highest BCUT2D eigenvalue weighted by atomic mass is 35.5. The van der Waals surface area contributed by atoms with E-state index in [2.05, 4.69) is 4.98 Å². The summed E-state index contributed by atoms with van der Waals surface area (Å²) in [5.74, 6) is -0.976. The van der Waals surface area contributed by atoms with E-state index in [-0.39, 0.29) is 5.56 Å². The number of halogens is 1. The third-order valence-corrected chi connectivity index (χ3v) is 3.60. The van der Waals surface area contributed by atoms with Gasteiger partial charge in [-0.25, -0.2) is 4.79 Å². The van der Waals surface area contributed by atoms with Crippen LogP contribution in [0.25, 0.3) is 10.9 Å². The van der Waals surface area contributed by atoms with Crippen molar-refractivity contribution in [3.8, 4) is 0 Å². The summed E-state index contributed by atoms with van der Waals surface area (Å²) in [6.07, 6.45) is 1.39. The normalized spacial score (nSPS) is 15.6. The molecule has 6 heteroatoms. The minimum atomic E-state index is -0.976. The molecule has 1 aromatic heterocycles. The second-order valence-electron chi connectivity index (χ2n) is 4.59. The maximum absolute atomic E-state index is 11.5. The molecule has 0 radical (unpaired) electrons. The molecule has 1 fully saturated rings. The standard InChI is InChI=1S/C14H13ClN2O3/c15-9-1-2-10-12(7-9)16-8-11(14(18)19)13(10)17-3-5-20-6-4-17/h1-2,7-8H,3-6H2,(H,18,19). The molecule has 2 aromatic rings. The molecular formula is C14H13ClN2O3. The molecule has 5 nitrogen and oxygen atoms in total. The van der Waals surface area contributed by atoms with Crippen LogP contribution in [-0.2, 0) is 4.74 Å². The fourth-order valence-electron chi connectivity index (χ4n) is 2.44. The predicted molar refractivity (Wildman–Crippen MR) is 76.7 cm³/mol. The summed E-state index contributed by atoms with van der Waals surface area (Å²) in [7, 11) is 0. The molecule has 0 bridgehead atoms. The number of rotatable bonds is 2. The molecule has 3 rings (SSSR count). The number of carboxylic acid groups (broad SMARTS) is 1. The number of pyridine rings is 1. The zero-order valence-electron chi connectivity index (χ0n) is 10.7. The number of ether oxygens (including phenoxy) is 1. The molecule has 0 saturated carbocycles. The van der Waals surface area contributed by atoms with Gasteiger partial charge < -0.3 is 14.7 Å². The molecule has 104 valence electrons. The molecule has 1 N–H and O–H groups in total. The first kappa shape index (κ1) is 13.1. The zero-order valence-corrected chi connectivity index (χ0v) is 11.4. The molecule has 0 spiro atoms. The van der Waals surface area contributed by atoms with E-state index in [9.17, 15) is 9.90 Å². The van der Waals surface area contributed by atoms with Crippen LogP contribution in [-0.4, -0.2) is 42.4 Å². The molecule has 0 aliphatic carbocycles. The van der Waals surface area contributed by atoms with E-state index in [1.54, 1.807) is 12.1 Å². The summed E-state index contributed by atoms with van der Waals surface area (Å²) < 4.78 is 5.33. The largest absolute Gasteiger partial charge is 0.478 e. The lowest BCUT2D eigenvalue weighted by Gasteiger charge is -2.30. The third kappa shape index (κ3) is 2.30. The van der Waals surface area contributed by atoms with Gasteiger partial charge in [0.25, 0.3) is 0 Å². The van der Waals surface area contributed by atoms with Crippen LogP contribution in [0.15, 0.2) is 24.4 Å². The second kappa shape index (κ2) is 5.26. The van der Waals surface area contributed by atoms with Crippen molar-refractivity contribution in [2.75, 3.05) is 31.2 Å². The lowest BCUT2D eigenvalue weighted by Crippen LogP contribution is -2.37. The van der Waals surface area contributed by atoms with Gasteiger partial charge >= 0.3 is 5.97 Å². The Morgan fingerprint density at radius 3 is 2.80 bits per heavy atom. The van der Waals surface area contributed by atoms with Crippen LogP contribution in [0.4, 0.5) is 5.69 Å². The highest BCUT2D eigenvalue weighted by Crippen LogP contribution is 2.31. The Morgan fingerprint density at radius 1 is 1.35 bits per heavy atom. The number of morpholine rings is 1. The molecule has 20 heavy (non-hydrogen) atoms. The lowest BCUT2D eigenvalue weighted by molar-refractivity contribution is 0.0696. The van der Waals surface area contributed by atoms with Crippen molar-refractivity contribution in [1.82, 2.24) is 4.98 Å². The van der Waals surface area contributed by atoms with E-state index >= 15 is 0 Å². The van der Waals surface area contributed by atoms with E-state index in [0.29, 0.717) is 42.5 Å². The first-order valence-corrected chi connectivity index (χ1v) is 6.69. The summed E-state index contributed by atoms with van der Waals surface area (Å²) in [5.41, 5.74) is 1.60. The van der Waals surface area contributed by atoms with Crippen LogP contribution in [0, 0.1) is 0 Å². The number of hydrogen-bond acceptors (Lipinski definition) is 4. The number of hydrogen-bond donors (Lipinski definition) is 1. The van der Waals surface area contributed by atoms with Gasteiger partial charge in [-0.05, 0) is 18.2 Å². The van der Waals surface area contributed by atoms with Crippen molar-refractivity contribution < 1.29 is 14.6 Å². The molecule has 0 amide bonds. The topological polar surface area (TPSA) is 62.7 Å². The van der Waals surface area contributed by atoms with Crippen LogP contribution in [0.2, 0.25) is 5.02 Å². The minimum absolute atomic E-state index is 0.210. The Labute approximate surface area is 120 Å². The quantitative estimate of drug-likeness (QED) is 0.921. The van der Waals surface area contributed by atoms with Crippen molar-refractivity contribution in [2.24, 2.45) is 0 Å². The Balaban J connectivity index is 2.22. The highest BCUT2D eigenvalue weighted by molar-refractivity contribution is 6.31. The number of aromatic nitrogens is 1. The minimum Gasteiger partial charge on any atom is -0.478 e. The van der Waals surface area contributed by atoms with Gasteiger partial charge in [-0.3, -0.25) is 4.98 Å². The number of fused-ring (bicyclic) bond motifs is 1. The Kier molecular flexibility index (Phi) is 3.46. The van der Waals surface area contributed by atoms with Crippen molar-refractivity contribution in [1.29, 1.82) is 0 Å². The van der Waals surface area contributed by atoms with Gasteiger partial charge in [0.15, 0.2) is 0 Å². The van der Waals surface area contributed by atoms with Gasteiger partial charge in [0, 0.05) is 29.7 Å². The van der Waals surface area contributed by atoms with Crippen molar-refractivity contribution in [3.63, 3.8) is 0 Å². The molecule has 2 heterocycles. The summed E-state index contributed by atoms with van der Waals surface area (Å²) >= 11 is 5.97. The Morgan fingerprint density at radius 2 is 2.10 bits per heavy atom. The summed E-state index contributed by atoms with van der Waals surface area (Å²) in [4.78, 5) is 17.7. The fraction of sp³-hybridized carbons (Fsp3) is 0.286. The van der Waals surface area contributed by atoms with Crippen molar-refractivity contribution in [3.05, 3.63) is 35.0 Å². The molecule has 0 atom stereocenters. The van der Waals surface area contributed by atoms with Gasteiger partial charge in [0.05, 0.1) is 24.4 Å². The summed E-state index contributed by atoms with van der Waals surface area (Å²) in [6, 6.07) is 5.31. The smallest absolute Gasteiger partial charge is 0.339 e. The van der Waals surface area contributed by atoms with Crippen LogP contribution in [0.3, 0.4) is 0 Å². The molecular weight excluding hydrogens is 280 g/mol. The first-order chi connectivity index (χ1) is 9.66. The van der Waals surface area contributed by atoms with Crippen LogP contribution in [0.5, 0.6) is 0 Å². The monoisotopic (exact) mass is 292 g/mol. The van der Waals surface area contributed by atoms with Gasteiger partial charge in [0.2, 0.25) is 0 Å². The van der Waals surface area contributed by atoms with Gasteiger partial charge in [-0.2, -0.15) is 0 Å². The van der Waals surface area contributed by atoms with E-state index in [1.165, 1.54) is 6.20 Å². The second-order valence-corrected chi connectivity index (χ2v) is 5.02. The maximum Gasteiger partial charge on any atom is 0.339 e. The van der Waals surface area contributed by atoms with Crippen molar-refractivity contribution in [2.45, 2.75) is 0 Å². The molecule has 1 saturated heterocycles. The Hall–Kier alpha value is -1.85. The lowest BCUT2D eigenvalue weighted by atomic mass is 10.1. The molecule has 1 aliphatic heterocycles. The van der Waals surface area contributed by atoms with E-state index in [0.717, 1.165) is 5.39 Å². The molecule has 0 unspecified atom stereocenters. The average molecular weight is 293 g/mol.